The highest BCUT2D eigenvalue weighted by Gasteiger charge is 2.25. The molecular weight excluding hydrogens is 444 g/mol. The van der Waals surface area contributed by atoms with E-state index < -0.39 is 0 Å². The van der Waals surface area contributed by atoms with Crippen molar-refractivity contribution < 1.29 is 4.79 Å². The number of H-pyrrole nitrogens is 1. The number of aromatic nitrogens is 4. The van der Waals surface area contributed by atoms with Crippen molar-refractivity contribution in [2.45, 2.75) is 68.3 Å². The van der Waals surface area contributed by atoms with Gasteiger partial charge < -0.3 is 10.2 Å². The summed E-state index contributed by atoms with van der Waals surface area (Å²) in [6, 6.07) is 12.3. The first-order chi connectivity index (χ1) is 16.6. The van der Waals surface area contributed by atoms with Gasteiger partial charge in [0.15, 0.2) is 11.0 Å². The Hall–Kier alpha value is -2.87. The Labute approximate surface area is 205 Å². The van der Waals surface area contributed by atoms with Gasteiger partial charge in [-0.3, -0.25) is 9.89 Å². The van der Waals surface area contributed by atoms with Crippen molar-refractivity contribution in [3.05, 3.63) is 47.7 Å². The molecule has 1 saturated carbocycles. The summed E-state index contributed by atoms with van der Waals surface area (Å²) in [5.74, 6) is 4.14. The van der Waals surface area contributed by atoms with Crippen LogP contribution in [0.15, 0.2) is 46.5 Å². The van der Waals surface area contributed by atoms with Gasteiger partial charge in [0.1, 0.15) is 17.4 Å². The van der Waals surface area contributed by atoms with Gasteiger partial charge in [0.25, 0.3) is 0 Å². The molecule has 1 aliphatic carbocycles. The van der Waals surface area contributed by atoms with Crippen molar-refractivity contribution >= 4 is 35.0 Å². The van der Waals surface area contributed by atoms with E-state index in [-0.39, 0.29) is 5.78 Å². The number of nitrogens with zero attached hydrogens (tertiary/aromatic N) is 4. The first-order valence-electron chi connectivity index (χ1n) is 12.3. The van der Waals surface area contributed by atoms with Crippen molar-refractivity contribution in [1.29, 1.82) is 0 Å². The van der Waals surface area contributed by atoms with E-state index in [9.17, 15) is 4.79 Å². The number of anilines is 3. The van der Waals surface area contributed by atoms with E-state index in [0.29, 0.717) is 23.9 Å². The van der Waals surface area contributed by atoms with Crippen molar-refractivity contribution in [2.24, 2.45) is 5.92 Å². The fourth-order valence-electron chi connectivity index (χ4n) is 4.19. The number of carbonyl (C=O) groups is 1. The molecule has 1 aliphatic heterocycles. The summed E-state index contributed by atoms with van der Waals surface area (Å²) in [6.07, 6.45) is 5.88. The lowest BCUT2D eigenvalue weighted by Crippen LogP contribution is -2.33. The van der Waals surface area contributed by atoms with Crippen LogP contribution in [0.1, 0.15) is 63.1 Å². The minimum atomic E-state index is 0.256. The van der Waals surface area contributed by atoms with Gasteiger partial charge in [-0.05, 0) is 61.1 Å². The number of benzene rings is 1. The Kier molecular flexibility index (Phi) is 6.85. The first kappa shape index (κ1) is 22.9. The number of piperidine rings is 1. The summed E-state index contributed by atoms with van der Waals surface area (Å²) in [6.45, 7) is 6.24. The first-order valence-corrected chi connectivity index (χ1v) is 13.1. The van der Waals surface area contributed by atoms with E-state index in [2.05, 4.69) is 33.4 Å². The van der Waals surface area contributed by atoms with Gasteiger partial charge in [-0.15, -0.1) is 0 Å². The van der Waals surface area contributed by atoms with Crippen LogP contribution in [0.3, 0.4) is 0 Å². The molecule has 3 aromatic rings. The molecule has 8 heteroatoms. The minimum absolute atomic E-state index is 0.256. The van der Waals surface area contributed by atoms with Crippen molar-refractivity contribution in [2.75, 3.05) is 23.3 Å². The highest BCUT2D eigenvalue weighted by atomic mass is 32.2. The molecule has 0 radical (unpaired) electrons. The molecule has 0 bridgehead atoms. The van der Waals surface area contributed by atoms with Gasteiger partial charge in [-0.25, -0.2) is 9.97 Å². The molecule has 0 spiro atoms. The van der Waals surface area contributed by atoms with Gasteiger partial charge >= 0.3 is 0 Å². The predicted octanol–water partition coefficient (Wildman–Crippen LogP) is 5.73. The predicted molar refractivity (Wildman–Crippen MR) is 136 cm³/mol. The molecule has 178 valence electrons. The Balaban J connectivity index is 1.36. The van der Waals surface area contributed by atoms with Crippen LogP contribution in [0.4, 0.5) is 17.5 Å². The smallest absolute Gasteiger partial charge is 0.196 e. The monoisotopic (exact) mass is 476 g/mol. The molecular formula is C26H32N6OS. The van der Waals surface area contributed by atoms with Crippen molar-refractivity contribution in [3.8, 4) is 0 Å². The Morgan fingerprint density at radius 1 is 1.09 bits per heavy atom. The number of carbonyl (C=O) groups excluding carboxylic acids is 1. The maximum Gasteiger partial charge on any atom is 0.196 e. The number of nitrogens with one attached hydrogen (secondary N) is 2. The maximum atomic E-state index is 11.8. The summed E-state index contributed by atoms with van der Waals surface area (Å²) in [7, 11) is 0. The van der Waals surface area contributed by atoms with E-state index in [1.54, 1.807) is 11.8 Å². The zero-order valence-electron chi connectivity index (χ0n) is 19.9. The van der Waals surface area contributed by atoms with Crippen LogP contribution in [0.25, 0.3) is 0 Å². The summed E-state index contributed by atoms with van der Waals surface area (Å²) in [4.78, 5) is 24.9. The number of rotatable bonds is 9. The largest absolute Gasteiger partial charge is 0.356 e. The third-order valence-electron chi connectivity index (χ3n) is 6.60. The fourth-order valence-corrected chi connectivity index (χ4v) is 4.96. The molecule has 2 aromatic heterocycles. The van der Waals surface area contributed by atoms with Crippen LogP contribution in [-0.4, -0.2) is 39.0 Å². The number of Topliss-reactive ketones (excluding diaryl/α,β-unsaturated/α-hetero) is 1. The fraction of sp³-hybridized carbons (Fsp3) is 0.462. The number of hydrogen-bond donors (Lipinski definition) is 2. The average Bonchev–Trinajstić information content (AvgIpc) is 3.59. The average molecular weight is 477 g/mol. The Morgan fingerprint density at radius 2 is 1.85 bits per heavy atom. The molecule has 1 saturated heterocycles. The summed E-state index contributed by atoms with van der Waals surface area (Å²) < 4.78 is 0. The molecule has 2 fully saturated rings. The van der Waals surface area contributed by atoms with Crippen molar-refractivity contribution in [1.82, 2.24) is 20.2 Å². The van der Waals surface area contributed by atoms with Gasteiger partial charge in [-0.1, -0.05) is 26.0 Å². The van der Waals surface area contributed by atoms with Crippen LogP contribution in [0, 0.1) is 5.92 Å². The maximum absolute atomic E-state index is 11.8. The lowest BCUT2D eigenvalue weighted by Gasteiger charge is -2.31. The lowest BCUT2D eigenvalue weighted by molar-refractivity contribution is -0.118. The highest BCUT2D eigenvalue weighted by molar-refractivity contribution is 7.99. The van der Waals surface area contributed by atoms with E-state index in [1.165, 1.54) is 31.4 Å². The van der Waals surface area contributed by atoms with Crippen LogP contribution in [0.2, 0.25) is 0 Å². The molecule has 2 N–H and O–H groups in total. The van der Waals surface area contributed by atoms with Crippen LogP contribution in [-0.2, 0) is 11.2 Å². The van der Waals surface area contributed by atoms with Crippen LogP contribution < -0.4 is 10.2 Å². The van der Waals surface area contributed by atoms with E-state index in [1.807, 2.05) is 37.3 Å². The van der Waals surface area contributed by atoms with E-state index in [4.69, 9.17) is 9.97 Å². The highest BCUT2D eigenvalue weighted by Crippen LogP contribution is 2.40. The van der Waals surface area contributed by atoms with E-state index >= 15 is 0 Å². The molecule has 3 heterocycles. The molecule has 0 amide bonds. The van der Waals surface area contributed by atoms with Gasteiger partial charge in [-0.2, -0.15) is 5.10 Å². The third kappa shape index (κ3) is 5.78. The van der Waals surface area contributed by atoms with Crippen LogP contribution >= 0.6 is 11.8 Å². The van der Waals surface area contributed by atoms with E-state index in [0.717, 1.165) is 46.9 Å². The molecule has 34 heavy (non-hydrogen) atoms. The Morgan fingerprint density at radius 3 is 2.56 bits per heavy atom. The number of ketones is 1. The number of hydrogen-bond acceptors (Lipinski definition) is 7. The number of aromatic amines is 1. The van der Waals surface area contributed by atoms with Gasteiger partial charge in [0.05, 0.1) is 0 Å². The minimum Gasteiger partial charge on any atom is -0.356 e. The lowest BCUT2D eigenvalue weighted by atomic mass is 9.99. The van der Waals surface area contributed by atoms with Gasteiger partial charge in [0, 0.05) is 54.6 Å². The molecule has 7 nitrogen and oxygen atoms in total. The second-order valence-corrected chi connectivity index (χ2v) is 10.5. The molecule has 0 unspecified atom stereocenters. The summed E-state index contributed by atoms with van der Waals surface area (Å²) >= 11 is 1.54. The molecule has 5 rings (SSSR count). The van der Waals surface area contributed by atoms with Crippen LogP contribution in [0.5, 0.6) is 0 Å². The molecule has 2 aliphatic rings. The zero-order valence-corrected chi connectivity index (χ0v) is 20.7. The SMILES string of the molecule is CCC(=O)Cc1ccc(Sc2nc(Nc3cc(C4CC4)[nH]n3)cc(N3CCC(C)CC3)n2)cc1. The molecule has 1 aromatic carbocycles. The summed E-state index contributed by atoms with van der Waals surface area (Å²) in [5.41, 5.74) is 2.23. The molecule has 0 atom stereocenters. The summed E-state index contributed by atoms with van der Waals surface area (Å²) in [5, 5.41) is 11.7. The Bertz CT molecular complexity index is 1130. The normalized spacial score (nSPS) is 16.6. The second kappa shape index (κ2) is 10.2. The van der Waals surface area contributed by atoms with Crippen molar-refractivity contribution in [3.63, 3.8) is 0 Å². The zero-order chi connectivity index (χ0) is 23.5. The topological polar surface area (TPSA) is 86.8 Å². The quantitative estimate of drug-likeness (QED) is 0.381. The third-order valence-corrected chi connectivity index (χ3v) is 7.47. The van der Waals surface area contributed by atoms with Gasteiger partial charge in [0.2, 0.25) is 0 Å². The standard InChI is InChI=1S/C26H32N6OS/c1-3-20(33)14-18-4-8-21(9-5-18)34-26-28-23(27-24-15-22(30-31-24)19-6-7-19)16-25(29-26)32-12-10-17(2)11-13-32/h4-5,8-9,15-17,19H,3,6-7,10-14H2,1-2H3,(H2,27,28,29,30,31). The second-order valence-electron chi connectivity index (χ2n) is 9.49.